The number of anilines is 1. The van der Waals surface area contributed by atoms with E-state index in [2.05, 4.69) is 4.98 Å². The van der Waals surface area contributed by atoms with E-state index >= 15 is 0 Å². The fourth-order valence-electron chi connectivity index (χ4n) is 2.39. The third-order valence-corrected chi connectivity index (χ3v) is 3.49. The Morgan fingerprint density at radius 3 is 2.71 bits per heavy atom. The molecule has 0 aliphatic carbocycles. The fraction of sp³-hybridized carbons (Fsp3) is 0.176. The first kappa shape index (κ1) is 13.4. The number of pyridine rings is 1. The maximum Gasteiger partial charge on any atom is 0.324 e. The van der Waals surface area contributed by atoms with E-state index in [0.717, 1.165) is 17.8 Å². The summed E-state index contributed by atoms with van der Waals surface area (Å²) in [6.45, 7) is 2.08. The molecule has 0 N–H and O–H groups in total. The topological polar surface area (TPSA) is 36.4 Å². The minimum Gasteiger partial charge on any atom is -0.319 e. The first-order valence-electron chi connectivity index (χ1n) is 7.02. The maximum absolute atomic E-state index is 12.3. The number of carbonyl (C=O) groups is 1. The van der Waals surface area contributed by atoms with Crippen LogP contribution in [-0.2, 0) is 0 Å². The van der Waals surface area contributed by atoms with Gasteiger partial charge in [-0.15, -0.1) is 0 Å². The molecule has 1 aromatic heterocycles. The van der Waals surface area contributed by atoms with Crippen LogP contribution in [0.3, 0.4) is 0 Å². The molecule has 1 fully saturated rings. The van der Waals surface area contributed by atoms with Gasteiger partial charge in [-0.3, -0.25) is 9.88 Å². The number of aromatic nitrogens is 1. The van der Waals surface area contributed by atoms with E-state index < -0.39 is 0 Å². The molecule has 0 saturated carbocycles. The minimum atomic E-state index is 0.0423. The van der Waals surface area contributed by atoms with E-state index in [1.165, 1.54) is 0 Å². The van der Waals surface area contributed by atoms with Gasteiger partial charge < -0.3 is 4.90 Å². The Morgan fingerprint density at radius 2 is 1.95 bits per heavy atom. The van der Waals surface area contributed by atoms with Crippen LogP contribution in [-0.4, -0.2) is 35.5 Å². The zero-order valence-electron chi connectivity index (χ0n) is 11.7. The Balaban J connectivity index is 1.61. The number of carbonyl (C=O) groups excluding carboxylic acids is 1. The summed E-state index contributed by atoms with van der Waals surface area (Å²) < 4.78 is 0. The van der Waals surface area contributed by atoms with E-state index in [9.17, 15) is 4.79 Å². The lowest BCUT2D eigenvalue weighted by molar-refractivity contribution is 0.225. The number of benzene rings is 1. The molecule has 1 aromatic carbocycles. The first-order chi connectivity index (χ1) is 10.3. The van der Waals surface area contributed by atoms with Gasteiger partial charge in [0.25, 0.3) is 0 Å². The lowest BCUT2D eigenvalue weighted by atomic mass is 10.2. The molecule has 106 valence electrons. The summed E-state index contributed by atoms with van der Waals surface area (Å²) >= 11 is 0. The van der Waals surface area contributed by atoms with Gasteiger partial charge >= 0.3 is 6.03 Å². The minimum absolute atomic E-state index is 0.0423. The average Bonchev–Trinajstić information content (AvgIpc) is 2.90. The number of amides is 2. The number of urea groups is 1. The van der Waals surface area contributed by atoms with Crippen LogP contribution in [0.1, 0.15) is 5.56 Å². The third kappa shape index (κ3) is 3.11. The molecule has 0 radical (unpaired) electrons. The number of nitrogens with zero attached hydrogens (tertiary/aromatic N) is 3. The van der Waals surface area contributed by atoms with Gasteiger partial charge in [0, 0.05) is 25.8 Å². The highest BCUT2D eigenvalue weighted by Gasteiger charge is 2.28. The summed E-state index contributed by atoms with van der Waals surface area (Å²) in [5, 5.41) is 0. The van der Waals surface area contributed by atoms with Crippen molar-refractivity contribution in [3.8, 4) is 0 Å². The molecule has 0 atom stereocenters. The standard InChI is InChI=1S/C17H17N3O/c21-17-19(11-5-8-15-6-2-1-3-7-15)12-13-20(17)16-9-4-10-18-14-16/h1-10,14H,11-13H2/b8-5+. The lowest BCUT2D eigenvalue weighted by Gasteiger charge is -2.17. The highest BCUT2D eigenvalue weighted by molar-refractivity contribution is 5.94. The van der Waals surface area contributed by atoms with E-state index in [1.807, 2.05) is 59.5 Å². The SMILES string of the molecule is O=C1N(C/C=C/c2ccccc2)CCN1c1cccnc1. The molecule has 0 unspecified atom stereocenters. The third-order valence-electron chi connectivity index (χ3n) is 3.49. The molecule has 0 bridgehead atoms. The normalized spacial score (nSPS) is 15.1. The van der Waals surface area contributed by atoms with Gasteiger partial charge in [0.1, 0.15) is 0 Å². The van der Waals surface area contributed by atoms with Crippen LogP contribution in [0.5, 0.6) is 0 Å². The predicted octanol–water partition coefficient (Wildman–Crippen LogP) is 3.04. The Bertz CT molecular complexity index is 625. The molecule has 1 saturated heterocycles. The average molecular weight is 279 g/mol. The highest BCUT2D eigenvalue weighted by Crippen LogP contribution is 2.18. The van der Waals surface area contributed by atoms with E-state index in [-0.39, 0.29) is 6.03 Å². The van der Waals surface area contributed by atoms with Gasteiger partial charge in [0.05, 0.1) is 11.9 Å². The molecule has 1 aliphatic rings. The Kier molecular flexibility index (Phi) is 3.96. The van der Waals surface area contributed by atoms with Crippen LogP contribution >= 0.6 is 0 Å². The van der Waals surface area contributed by atoms with E-state index in [1.54, 1.807) is 17.3 Å². The summed E-state index contributed by atoms with van der Waals surface area (Å²) in [4.78, 5) is 20.0. The molecular formula is C17H17N3O. The summed E-state index contributed by atoms with van der Waals surface area (Å²) in [6, 6.07) is 13.9. The van der Waals surface area contributed by atoms with Crippen molar-refractivity contribution in [1.82, 2.24) is 9.88 Å². The number of hydrogen-bond donors (Lipinski definition) is 0. The second-order valence-electron chi connectivity index (χ2n) is 4.90. The molecular weight excluding hydrogens is 262 g/mol. The van der Waals surface area contributed by atoms with Crippen molar-refractivity contribution < 1.29 is 4.79 Å². The van der Waals surface area contributed by atoms with E-state index in [0.29, 0.717) is 13.1 Å². The smallest absolute Gasteiger partial charge is 0.319 e. The second kappa shape index (κ2) is 6.22. The van der Waals surface area contributed by atoms with Gasteiger partial charge in [-0.1, -0.05) is 42.5 Å². The van der Waals surface area contributed by atoms with Crippen LogP contribution in [0.4, 0.5) is 10.5 Å². The summed E-state index contributed by atoms with van der Waals surface area (Å²) in [5.74, 6) is 0. The maximum atomic E-state index is 12.3. The zero-order chi connectivity index (χ0) is 14.5. The number of rotatable bonds is 4. The lowest BCUT2D eigenvalue weighted by Crippen LogP contribution is -2.31. The molecule has 3 rings (SSSR count). The van der Waals surface area contributed by atoms with Crippen molar-refractivity contribution in [2.24, 2.45) is 0 Å². The Morgan fingerprint density at radius 1 is 1.10 bits per heavy atom. The molecule has 4 nitrogen and oxygen atoms in total. The van der Waals surface area contributed by atoms with Crippen LogP contribution in [0, 0.1) is 0 Å². The largest absolute Gasteiger partial charge is 0.324 e. The molecule has 21 heavy (non-hydrogen) atoms. The fourth-order valence-corrected chi connectivity index (χ4v) is 2.39. The van der Waals surface area contributed by atoms with Crippen molar-refractivity contribution in [2.45, 2.75) is 0 Å². The van der Waals surface area contributed by atoms with Crippen molar-refractivity contribution in [3.05, 3.63) is 66.5 Å². The second-order valence-corrected chi connectivity index (χ2v) is 4.90. The molecule has 2 amide bonds. The zero-order valence-corrected chi connectivity index (χ0v) is 11.7. The van der Waals surface area contributed by atoms with E-state index in [4.69, 9.17) is 0 Å². The summed E-state index contributed by atoms with van der Waals surface area (Å²) in [7, 11) is 0. The molecule has 0 spiro atoms. The molecule has 1 aliphatic heterocycles. The predicted molar refractivity (Wildman–Crippen MR) is 84.0 cm³/mol. The molecule has 2 heterocycles. The molecule has 2 aromatic rings. The van der Waals surface area contributed by atoms with Gasteiger partial charge in [-0.25, -0.2) is 4.79 Å². The highest BCUT2D eigenvalue weighted by atomic mass is 16.2. The van der Waals surface area contributed by atoms with Gasteiger partial charge in [0.2, 0.25) is 0 Å². The summed E-state index contributed by atoms with van der Waals surface area (Å²) in [6.07, 6.45) is 7.51. The van der Waals surface area contributed by atoms with Gasteiger partial charge in [-0.05, 0) is 17.7 Å². The quantitative estimate of drug-likeness (QED) is 0.862. The first-order valence-corrected chi connectivity index (χ1v) is 7.02. The monoisotopic (exact) mass is 279 g/mol. The Labute approximate surface area is 124 Å². The van der Waals surface area contributed by atoms with Gasteiger partial charge in [-0.2, -0.15) is 0 Å². The van der Waals surface area contributed by atoms with Crippen LogP contribution in [0.25, 0.3) is 6.08 Å². The van der Waals surface area contributed by atoms with Crippen molar-refractivity contribution in [2.75, 3.05) is 24.5 Å². The van der Waals surface area contributed by atoms with Crippen LogP contribution in [0.15, 0.2) is 60.9 Å². The Hall–Kier alpha value is -2.62. The van der Waals surface area contributed by atoms with Crippen molar-refractivity contribution in [1.29, 1.82) is 0 Å². The van der Waals surface area contributed by atoms with Crippen LogP contribution < -0.4 is 4.90 Å². The van der Waals surface area contributed by atoms with Crippen molar-refractivity contribution >= 4 is 17.8 Å². The van der Waals surface area contributed by atoms with Crippen molar-refractivity contribution in [3.63, 3.8) is 0 Å². The number of hydrogen-bond acceptors (Lipinski definition) is 2. The van der Waals surface area contributed by atoms with Crippen LogP contribution in [0.2, 0.25) is 0 Å². The molecule has 4 heteroatoms. The summed E-state index contributed by atoms with van der Waals surface area (Å²) in [5.41, 5.74) is 2.00. The van der Waals surface area contributed by atoms with Gasteiger partial charge in [0.15, 0.2) is 0 Å².